The second kappa shape index (κ2) is 5.90. The van der Waals surface area contributed by atoms with Crippen LogP contribution in [0.5, 0.6) is 0 Å². The van der Waals surface area contributed by atoms with Crippen molar-refractivity contribution in [3.63, 3.8) is 0 Å². The van der Waals surface area contributed by atoms with Gasteiger partial charge in [-0.05, 0) is 30.5 Å². The SMILES string of the molecule is Nc1ccc(COC2CCCCCC2)cc1. The smallest absolute Gasteiger partial charge is 0.0720 e. The summed E-state index contributed by atoms with van der Waals surface area (Å²) in [5.74, 6) is 0. The first kappa shape index (κ1) is 11.5. The largest absolute Gasteiger partial charge is 0.399 e. The molecule has 0 aromatic heterocycles. The Morgan fingerprint density at radius 1 is 1.00 bits per heavy atom. The highest BCUT2D eigenvalue weighted by Gasteiger charge is 2.12. The minimum Gasteiger partial charge on any atom is -0.399 e. The number of hydrogen-bond acceptors (Lipinski definition) is 2. The van der Waals surface area contributed by atoms with Crippen molar-refractivity contribution in [2.45, 2.75) is 51.2 Å². The van der Waals surface area contributed by atoms with E-state index >= 15 is 0 Å². The second-order valence-electron chi connectivity index (χ2n) is 4.67. The van der Waals surface area contributed by atoms with E-state index < -0.39 is 0 Å². The van der Waals surface area contributed by atoms with E-state index in [9.17, 15) is 0 Å². The monoisotopic (exact) mass is 219 g/mol. The highest BCUT2D eigenvalue weighted by atomic mass is 16.5. The molecule has 1 aliphatic carbocycles. The average Bonchev–Trinajstić information content (AvgIpc) is 2.57. The molecular formula is C14H21NO. The van der Waals surface area contributed by atoms with E-state index in [1.165, 1.54) is 44.1 Å². The summed E-state index contributed by atoms with van der Waals surface area (Å²) in [6, 6.07) is 7.97. The molecule has 1 saturated carbocycles. The van der Waals surface area contributed by atoms with Crippen LogP contribution in [0.15, 0.2) is 24.3 Å². The summed E-state index contributed by atoms with van der Waals surface area (Å²) >= 11 is 0. The highest BCUT2D eigenvalue weighted by Crippen LogP contribution is 2.21. The minimum absolute atomic E-state index is 0.472. The lowest BCUT2D eigenvalue weighted by atomic mass is 10.1. The van der Waals surface area contributed by atoms with E-state index in [1.54, 1.807) is 0 Å². The highest BCUT2D eigenvalue weighted by molar-refractivity contribution is 5.39. The Bertz CT molecular complexity index is 299. The van der Waals surface area contributed by atoms with Crippen molar-refractivity contribution in [2.75, 3.05) is 5.73 Å². The Kier molecular flexibility index (Phi) is 4.23. The van der Waals surface area contributed by atoms with Crippen molar-refractivity contribution in [2.24, 2.45) is 0 Å². The van der Waals surface area contributed by atoms with E-state index in [4.69, 9.17) is 10.5 Å². The van der Waals surface area contributed by atoms with Gasteiger partial charge in [-0.3, -0.25) is 0 Å². The van der Waals surface area contributed by atoms with E-state index in [0.29, 0.717) is 6.10 Å². The normalized spacial score (nSPS) is 18.2. The maximum absolute atomic E-state index is 5.95. The van der Waals surface area contributed by atoms with Crippen molar-refractivity contribution in [1.82, 2.24) is 0 Å². The van der Waals surface area contributed by atoms with Gasteiger partial charge in [0.25, 0.3) is 0 Å². The van der Waals surface area contributed by atoms with Crippen molar-refractivity contribution in [3.8, 4) is 0 Å². The lowest BCUT2D eigenvalue weighted by Crippen LogP contribution is -2.11. The molecule has 0 unspecified atom stereocenters. The quantitative estimate of drug-likeness (QED) is 0.623. The Morgan fingerprint density at radius 3 is 2.25 bits per heavy atom. The summed E-state index contributed by atoms with van der Waals surface area (Å²) in [5.41, 5.74) is 7.68. The van der Waals surface area contributed by atoms with Crippen LogP contribution >= 0.6 is 0 Å². The van der Waals surface area contributed by atoms with Crippen molar-refractivity contribution in [1.29, 1.82) is 0 Å². The first-order valence-corrected chi connectivity index (χ1v) is 6.30. The Morgan fingerprint density at radius 2 is 1.62 bits per heavy atom. The number of rotatable bonds is 3. The Labute approximate surface area is 97.8 Å². The third-order valence-corrected chi connectivity index (χ3v) is 3.27. The van der Waals surface area contributed by atoms with Gasteiger partial charge in [-0.1, -0.05) is 37.8 Å². The molecule has 0 heterocycles. The van der Waals surface area contributed by atoms with Gasteiger partial charge >= 0.3 is 0 Å². The zero-order valence-electron chi connectivity index (χ0n) is 9.82. The third kappa shape index (κ3) is 3.53. The summed E-state index contributed by atoms with van der Waals surface area (Å²) in [6.07, 6.45) is 8.34. The molecule has 0 radical (unpaired) electrons. The van der Waals surface area contributed by atoms with Crippen LogP contribution in [0.1, 0.15) is 44.1 Å². The molecule has 1 fully saturated rings. The standard InChI is InChI=1S/C14H21NO/c15-13-9-7-12(8-10-13)11-16-14-5-3-1-2-4-6-14/h7-10,14H,1-6,11,15H2. The molecule has 2 heteroatoms. The van der Waals surface area contributed by atoms with Crippen molar-refractivity contribution in [3.05, 3.63) is 29.8 Å². The topological polar surface area (TPSA) is 35.2 Å². The number of ether oxygens (including phenoxy) is 1. The Hall–Kier alpha value is -1.02. The molecule has 16 heavy (non-hydrogen) atoms. The van der Waals surface area contributed by atoms with E-state index in [0.717, 1.165) is 12.3 Å². The molecule has 0 bridgehead atoms. The zero-order valence-corrected chi connectivity index (χ0v) is 9.82. The summed E-state index contributed by atoms with van der Waals surface area (Å²) in [7, 11) is 0. The average molecular weight is 219 g/mol. The predicted molar refractivity (Wildman–Crippen MR) is 67.1 cm³/mol. The molecule has 0 saturated heterocycles. The molecule has 1 aromatic rings. The lowest BCUT2D eigenvalue weighted by Gasteiger charge is -2.15. The summed E-state index contributed by atoms with van der Waals surface area (Å²) in [5, 5.41) is 0. The van der Waals surface area contributed by atoms with Gasteiger partial charge < -0.3 is 10.5 Å². The second-order valence-corrected chi connectivity index (χ2v) is 4.67. The zero-order chi connectivity index (χ0) is 11.2. The number of anilines is 1. The maximum atomic E-state index is 5.95. The van der Waals surface area contributed by atoms with E-state index in [1.807, 2.05) is 24.3 Å². The summed E-state index contributed by atoms with van der Waals surface area (Å²) in [6.45, 7) is 0.727. The van der Waals surface area contributed by atoms with Crippen LogP contribution in [0.25, 0.3) is 0 Å². The van der Waals surface area contributed by atoms with Crippen LogP contribution < -0.4 is 5.73 Å². The first-order chi connectivity index (χ1) is 7.84. The van der Waals surface area contributed by atoms with Crippen LogP contribution in [-0.2, 0) is 11.3 Å². The van der Waals surface area contributed by atoms with Gasteiger partial charge in [0, 0.05) is 5.69 Å². The van der Waals surface area contributed by atoms with Gasteiger partial charge in [0.1, 0.15) is 0 Å². The molecule has 0 spiro atoms. The molecular weight excluding hydrogens is 198 g/mol. The summed E-state index contributed by atoms with van der Waals surface area (Å²) < 4.78 is 5.95. The van der Waals surface area contributed by atoms with Gasteiger partial charge in [0.2, 0.25) is 0 Å². The third-order valence-electron chi connectivity index (χ3n) is 3.27. The van der Waals surface area contributed by atoms with Gasteiger partial charge in [0.15, 0.2) is 0 Å². The van der Waals surface area contributed by atoms with Crippen LogP contribution in [0.2, 0.25) is 0 Å². The molecule has 0 atom stereocenters. The predicted octanol–water partition coefficient (Wildman–Crippen LogP) is 3.51. The lowest BCUT2D eigenvalue weighted by molar-refractivity contribution is 0.0310. The minimum atomic E-state index is 0.472. The van der Waals surface area contributed by atoms with Gasteiger partial charge in [-0.15, -0.1) is 0 Å². The number of benzene rings is 1. The van der Waals surface area contributed by atoms with Crippen LogP contribution in [0.3, 0.4) is 0 Å². The van der Waals surface area contributed by atoms with Crippen LogP contribution in [0.4, 0.5) is 5.69 Å². The Balaban J connectivity index is 1.79. The van der Waals surface area contributed by atoms with Gasteiger partial charge in [0.05, 0.1) is 12.7 Å². The fourth-order valence-corrected chi connectivity index (χ4v) is 2.24. The van der Waals surface area contributed by atoms with Gasteiger partial charge in [-0.2, -0.15) is 0 Å². The van der Waals surface area contributed by atoms with Crippen molar-refractivity contribution >= 4 is 5.69 Å². The number of hydrogen-bond donors (Lipinski definition) is 1. The fraction of sp³-hybridized carbons (Fsp3) is 0.571. The molecule has 0 aliphatic heterocycles. The van der Waals surface area contributed by atoms with Gasteiger partial charge in [-0.25, -0.2) is 0 Å². The first-order valence-electron chi connectivity index (χ1n) is 6.30. The van der Waals surface area contributed by atoms with Crippen molar-refractivity contribution < 1.29 is 4.74 Å². The maximum Gasteiger partial charge on any atom is 0.0720 e. The fourth-order valence-electron chi connectivity index (χ4n) is 2.24. The van der Waals surface area contributed by atoms with E-state index in [2.05, 4.69) is 0 Å². The number of nitrogen functional groups attached to an aromatic ring is 1. The molecule has 1 aliphatic rings. The molecule has 88 valence electrons. The van der Waals surface area contributed by atoms with Crippen LogP contribution in [-0.4, -0.2) is 6.10 Å². The molecule has 1 aromatic carbocycles. The molecule has 0 amide bonds. The molecule has 2 rings (SSSR count). The van der Waals surface area contributed by atoms with E-state index in [-0.39, 0.29) is 0 Å². The number of nitrogens with two attached hydrogens (primary N) is 1. The molecule has 2 N–H and O–H groups in total. The van der Waals surface area contributed by atoms with Crippen LogP contribution in [0, 0.1) is 0 Å². The summed E-state index contributed by atoms with van der Waals surface area (Å²) in [4.78, 5) is 0. The molecule has 2 nitrogen and oxygen atoms in total.